The number of rotatable bonds is 6. The summed E-state index contributed by atoms with van der Waals surface area (Å²) < 4.78 is 40.2. The lowest BCUT2D eigenvalue weighted by molar-refractivity contribution is -0.144. The van der Waals surface area contributed by atoms with Crippen molar-refractivity contribution in [3.8, 4) is 0 Å². The summed E-state index contributed by atoms with van der Waals surface area (Å²) in [5, 5.41) is 0. The molecule has 2 bridgehead atoms. The van der Waals surface area contributed by atoms with Crippen LogP contribution in [0.3, 0.4) is 0 Å². The number of fused-ring (bicyclic) bond motifs is 2. The number of imide groups is 1. The zero-order chi connectivity index (χ0) is 21.5. The monoisotopic (exact) mass is 437 g/mol. The van der Waals surface area contributed by atoms with Crippen molar-refractivity contribution in [3.63, 3.8) is 0 Å². The fraction of sp³-hybridized carbons (Fsp3) is 0.550. The van der Waals surface area contributed by atoms with Gasteiger partial charge in [0.2, 0.25) is 27.7 Å². The molecule has 2 atom stereocenters. The van der Waals surface area contributed by atoms with Gasteiger partial charge >= 0.3 is 0 Å². The average molecular weight is 437 g/mol. The minimum atomic E-state index is -3.90. The number of hydrogen-bond acceptors (Lipinski definition) is 5. The standard InChI is InChI=1S/C20H24FN3O5S/c21-13-2-1-3-17(10-13)30(28,29)22-9-8-20(27)23-14-4-5-15(23)12-16(11-14)24-18(25)6-7-19(24)26/h1-3,10,14-16,22H,4-9,11-12H2. The van der Waals surface area contributed by atoms with E-state index in [2.05, 4.69) is 4.72 Å². The number of likely N-dealkylation sites (tertiary alicyclic amines) is 1. The van der Waals surface area contributed by atoms with E-state index in [-0.39, 0.29) is 66.5 Å². The third-order valence-corrected chi connectivity index (χ3v) is 7.65. The Labute approximate surface area is 174 Å². The van der Waals surface area contributed by atoms with Gasteiger partial charge in [0.25, 0.3) is 0 Å². The molecule has 1 N–H and O–H groups in total. The highest BCUT2D eigenvalue weighted by Gasteiger charge is 2.47. The number of nitrogens with one attached hydrogen (secondary N) is 1. The molecule has 4 rings (SSSR count). The van der Waals surface area contributed by atoms with E-state index in [1.807, 2.05) is 0 Å². The maximum absolute atomic E-state index is 13.3. The zero-order valence-electron chi connectivity index (χ0n) is 16.4. The number of hydrogen-bond donors (Lipinski definition) is 1. The lowest BCUT2D eigenvalue weighted by atomic mass is 9.95. The van der Waals surface area contributed by atoms with E-state index in [9.17, 15) is 27.2 Å². The first-order valence-electron chi connectivity index (χ1n) is 10.2. The van der Waals surface area contributed by atoms with Crippen LogP contribution in [0.5, 0.6) is 0 Å². The van der Waals surface area contributed by atoms with Crippen molar-refractivity contribution < 1.29 is 27.2 Å². The highest BCUT2D eigenvalue weighted by atomic mass is 32.2. The molecule has 3 heterocycles. The molecule has 3 saturated heterocycles. The number of amides is 3. The van der Waals surface area contributed by atoms with E-state index >= 15 is 0 Å². The molecule has 162 valence electrons. The SMILES string of the molecule is O=C1CCC(=O)N1C1CC2CCC(C1)N2C(=O)CCNS(=O)(=O)c1cccc(F)c1. The third-order valence-electron chi connectivity index (χ3n) is 6.19. The minimum absolute atomic E-state index is 0.00616. The van der Waals surface area contributed by atoms with E-state index < -0.39 is 15.8 Å². The second kappa shape index (κ2) is 8.07. The third kappa shape index (κ3) is 3.98. The van der Waals surface area contributed by atoms with Crippen molar-refractivity contribution in [1.29, 1.82) is 0 Å². The fourth-order valence-corrected chi connectivity index (χ4v) is 5.97. The van der Waals surface area contributed by atoms with Crippen LogP contribution in [-0.4, -0.2) is 60.6 Å². The highest BCUT2D eigenvalue weighted by Crippen LogP contribution is 2.39. The molecule has 2 unspecified atom stereocenters. The lowest BCUT2D eigenvalue weighted by Crippen LogP contribution is -2.54. The average Bonchev–Trinajstić information content (AvgIpc) is 3.17. The molecule has 3 amide bonds. The molecule has 0 spiro atoms. The summed E-state index contributed by atoms with van der Waals surface area (Å²) in [6.45, 7) is -0.0832. The molecular weight excluding hydrogens is 413 g/mol. The Hall–Kier alpha value is -2.33. The van der Waals surface area contributed by atoms with Crippen LogP contribution >= 0.6 is 0 Å². The van der Waals surface area contributed by atoms with Crippen molar-refractivity contribution in [2.75, 3.05) is 6.54 Å². The molecule has 1 aromatic carbocycles. The van der Waals surface area contributed by atoms with Gasteiger partial charge in [0.1, 0.15) is 5.82 Å². The Morgan fingerprint density at radius 2 is 1.70 bits per heavy atom. The molecule has 1 aromatic rings. The first-order chi connectivity index (χ1) is 14.3. The van der Waals surface area contributed by atoms with Gasteiger partial charge in [-0.1, -0.05) is 6.07 Å². The smallest absolute Gasteiger partial charge is 0.240 e. The van der Waals surface area contributed by atoms with Crippen LogP contribution in [-0.2, 0) is 24.4 Å². The molecule has 3 aliphatic heterocycles. The summed E-state index contributed by atoms with van der Waals surface area (Å²) in [7, 11) is -3.90. The largest absolute Gasteiger partial charge is 0.337 e. The quantitative estimate of drug-likeness (QED) is 0.673. The molecule has 0 aliphatic carbocycles. The van der Waals surface area contributed by atoms with Gasteiger partial charge in [0.15, 0.2) is 0 Å². The number of sulfonamides is 1. The number of piperidine rings is 1. The second-order valence-electron chi connectivity index (χ2n) is 8.07. The van der Waals surface area contributed by atoms with E-state index in [4.69, 9.17) is 0 Å². The van der Waals surface area contributed by atoms with Gasteiger partial charge in [-0.3, -0.25) is 19.3 Å². The second-order valence-corrected chi connectivity index (χ2v) is 9.84. The summed E-state index contributed by atoms with van der Waals surface area (Å²) in [6.07, 6.45) is 3.31. The number of nitrogens with zero attached hydrogens (tertiary/aromatic N) is 2. The minimum Gasteiger partial charge on any atom is -0.337 e. The van der Waals surface area contributed by atoms with Gasteiger partial charge in [0.05, 0.1) is 4.90 Å². The Morgan fingerprint density at radius 3 is 2.30 bits per heavy atom. The molecule has 0 radical (unpaired) electrons. The zero-order valence-corrected chi connectivity index (χ0v) is 17.2. The number of halogens is 1. The number of carbonyl (C=O) groups is 3. The van der Waals surface area contributed by atoms with Gasteiger partial charge in [-0.05, 0) is 43.9 Å². The van der Waals surface area contributed by atoms with E-state index in [1.54, 1.807) is 4.90 Å². The lowest BCUT2D eigenvalue weighted by Gasteiger charge is -2.41. The first-order valence-corrected chi connectivity index (χ1v) is 11.7. The predicted octanol–water partition coefficient (Wildman–Crippen LogP) is 1.17. The predicted molar refractivity (Wildman–Crippen MR) is 104 cm³/mol. The summed E-state index contributed by atoms with van der Waals surface area (Å²) in [4.78, 5) is 39.9. The van der Waals surface area contributed by atoms with Gasteiger partial charge in [-0.2, -0.15) is 0 Å². The highest BCUT2D eigenvalue weighted by molar-refractivity contribution is 7.89. The van der Waals surface area contributed by atoms with Crippen molar-refractivity contribution in [2.24, 2.45) is 0 Å². The van der Waals surface area contributed by atoms with Crippen LogP contribution in [0.1, 0.15) is 44.9 Å². The molecule has 0 saturated carbocycles. The maximum atomic E-state index is 13.3. The topological polar surface area (TPSA) is 104 Å². The molecule has 10 heteroatoms. The molecule has 30 heavy (non-hydrogen) atoms. The van der Waals surface area contributed by atoms with Crippen LogP contribution < -0.4 is 4.72 Å². The number of benzene rings is 1. The van der Waals surface area contributed by atoms with Crippen LogP contribution in [0.2, 0.25) is 0 Å². The molecular formula is C20H24FN3O5S. The molecule has 3 fully saturated rings. The maximum Gasteiger partial charge on any atom is 0.240 e. The molecule has 3 aliphatic rings. The summed E-state index contributed by atoms with van der Waals surface area (Å²) in [6, 6.07) is 4.46. The Morgan fingerprint density at radius 1 is 1.07 bits per heavy atom. The summed E-state index contributed by atoms with van der Waals surface area (Å²) in [5.74, 6) is -1.06. The van der Waals surface area contributed by atoms with E-state index in [0.717, 1.165) is 25.0 Å². The van der Waals surface area contributed by atoms with Crippen molar-refractivity contribution in [1.82, 2.24) is 14.5 Å². The van der Waals surface area contributed by atoms with Crippen molar-refractivity contribution in [2.45, 2.75) is 68.0 Å². The van der Waals surface area contributed by atoms with Gasteiger partial charge < -0.3 is 4.90 Å². The Kier molecular flexibility index (Phi) is 5.63. The van der Waals surface area contributed by atoms with Gasteiger partial charge in [0, 0.05) is 43.9 Å². The van der Waals surface area contributed by atoms with Crippen LogP contribution in [0.15, 0.2) is 29.2 Å². The van der Waals surface area contributed by atoms with Crippen LogP contribution in [0.4, 0.5) is 4.39 Å². The van der Waals surface area contributed by atoms with Crippen molar-refractivity contribution >= 4 is 27.7 Å². The molecule has 8 nitrogen and oxygen atoms in total. The summed E-state index contributed by atoms with van der Waals surface area (Å²) in [5.41, 5.74) is 0. The first kappa shape index (κ1) is 20.9. The fourth-order valence-electron chi connectivity index (χ4n) is 4.91. The van der Waals surface area contributed by atoms with E-state index in [1.165, 1.54) is 17.0 Å². The van der Waals surface area contributed by atoms with Gasteiger partial charge in [-0.15, -0.1) is 0 Å². The normalized spacial score (nSPS) is 26.5. The van der Waals surface area contributed by atoms with E-state index in [0.29, 0.717) is 12.8 Å². The number of carbonyl (C=O) groups excluding carboxylic acids is 3. The van der Waals surface area contributed by atoms with Crippen LogP contribution in [0, 0.1) is 5.82 Å². The van der Waals surface area contributed by atoms with Gasteiger partial charge in [-0.25, -0.2) is 17.5 Å². The summed E-state index contributed by atoms with van der Waals surface area (Å²) >= 11 is 0. The van der Waals surface area contributed by atoms with Crippen LogP contribution in [0.25, 0.3) is 0 Å². The molecule has 0 aromatic heterocycles. The Balaban J connectivity index is 1.34. The Bertz CT molecular complexity index is 952. The van der Waals surface area contributed by atoms with Crippen molar-refractivity contribution in [3.05, 3.63) is 30.1 Å².